The first kappa shape index (κ1) is 20.2. The summed E-state index contributed by atoms with van der Waals surface area (Å²) in [6, 6.07) is 14.8. The predicted molar refractivity (Wildman–Crippen MR) is 107 cm³/mol. The van der Waals surface area contributed by atoms with Crippen LogP contribution in [0.3, 0.4) is 0 Å². The van der Waals surface area contributed by atoms with Crippen LogP contribution in [0.25, 0.3) is 22.2 Å². The first-order valence-corrected chi connectivity index (χ1v) is 9.31. The molecule has 0 unspecified atom stereocenters. The fourth-order valence-corrected chi connectivity index (χ4v) is 3.59. The van der Waals surface area contributed by atoms with Crippen LogP contribution in [0.2, 0.25) is 5.02 Å². The number of rotatable bonds is 4. The Morgan fingerprint density at radius 3 is 2.40 bits per heavy atom. The van der Waals surface area contributed by atoms with Gasteiger partial charge in [0.2, 0.25) is 0 Å². The van der Waals surface area contributed by atoms with Crippen LogP contribution >= 0.6 is 11.6 Å². The van der Waals surface area contributed by atoms with Crippen molar-refractivity contribution in [2.75, 3.05) is 7.11 Å². The maximum Gasteiger partial charge on any atom is 0.418 e. The standard InChI is InChI=1S/C22H15ClF4N2O/c1-30-16-9-6-13(7-10-16)21-17-3-2-4-18(22(25,26)27)20(17)28-29(21)12-14-5-8-15(24)11-19(14)23/h2-11H,12H2,1H3. The van der Waals surface area contributed by atoms with E-state index in [9.17, 15) is 17.6 Å². The van der Waals surface area contributed by atoms with Crippen LogP contribution in [0, 0.1) is 5.82 Å². The Balaban J connectivity index is 1.94. The van der Waals surface area contributed by atoms with Gasteiger partial charge in [-0.25, -0.2) is 4.39 Å². The topological polar surface area (TPSA) is 27.1 Å². The molecule has 0 N–H and O–H groups in total. The lowest BCUT2D eigenvalue weighted by Crippen LogP contribution is -2.07. The number of methoxy groups -OCH3 is 1. The third kappa shape index (κ3) is 3.73. The highest BCUT2D eigenvalue weighted by Crippen LogP contribution is 2.38. The van der Waals surface area contributed by atoms with E-state index in [0.29, 0.717) is 28.0 Å². The summed E-state index contributed by atoms with van der Waals surface area (Å²) in [7, 11) is 1.53. The van der Waals surface area contributed by atoms with Gasteiger partial charge < -0.3 is 4.74 Å². The lowest BCUT2D eigenvalue weighted by molar-refractivity contribution is -0.136. The average Bonchev–Trinajstić information content (AvgIpc) is 3.07. The summed E-state index contributed by atoms with van der Waals surface area (Å²) < 4.78 is 60.7. The largest absolute Gasteiger partial charge is 0.497 e. The van der Waals surface area contributed by atoms with E-state index in [2.05, 4.69) is 5.10 Å². The van der Waals surface area contributed by atoms with Gasteiger partial charge in [-0.2, -0.15) is 18.3 Å². The van der Waals surface area contributed by atoms with Crippen molar-refractivity contribution in [2.24, 2.45) is 0 Å². The van der Waals surface area contributed by atoms with Gasteiger partial charge in [-0.3, -0.25) is 4.68 Å². The molecule has 0 bridgehead atoms. The van der Waals surface area contributed by atoms with Gasteiger partial charge >= 0.3 is 6.18 Å². The number of fused-ring (bicyclic) bond motifs is 1. The number of hydrogen-bond donors (Lipinski definition) is 0. The minimum absolute atomic E-state index is 0.0758. The summed E-state index contributed by atoms with van der Waals surface area (Å²) in [5.41, 5.74) is 0.719. The summed E-state index contributed by atoms with van der Waals surface area (Å²) in [5.74, 6) is 0.121. The number of halogens is 5. The van der Waals surface area contributed by atoms with Gasteiger partial charge in [0.1, 0.15) is 17.1 Å². The molecule has 8 heteroatoms. The fraction of sp³-hybridized carbons (Fsp3) is 0.136. The second-order valence-corrected chi connectivity index (χ2v) is 7.08. The van der Waals surface area contributed by atoms with Gasteiger partial charge in [-0.05, 0) is 48.0 Å². The Labute approximate surface area is 174 Å². The molecule has 0 aliphatic rings. The van der Waals surface area contributed by atoms with Crippen LogP contribution in [0.5, 0.6) is 5.75 Å². The third-order valence-electron chi connectivity index (χ3n) is 4.77. The predicted octanol–water partition coefficient (Wildman–Crippen LogP) is 6.57. The molecule has 30 heavy (non-hydrogen) atoms. The minimum Gasteiger partial charge on any atom is -0.497 e. The molecule has 3 nitrogen and oxygen atoms in total. The van der Waals surface area contributed by atoms with Gasteiger partial charge in [0.05, 0.1) is 24.9 Å². The maximum atomic E-state index is 13.6. The van der Waals surface area contributed by atoms with Gasteiger partial charge in [0.25, 0.3) is 0 Å². The third-order valence-corrected chi connectivity index (χ3v) is 5.13. The molecule has 0 amide bonds. The van der Waals surface area contributed by atoms with E-state index in [-0.39, 0.29) is 17.1 Å². The summed E-state index contributed by atoms with van der Waals surface area (Å²) in [4.78, 5) is 0. The Hall–Kier alpha value is -3.06. The summed E-state index contributed by atoms with van der Waals surface area (Å²) in [5, 5.41) is 4.80. The van der Waals surface area contributed by atoms with E-state index < -0.39 is 17.6 Å². The van der Waals surface area contributed by atoms with Crippen LogP contribution in [-0.4, -0.2) is 16.9 Å². The molecular formula is C22H15ClF4N2O. The van der Waals surface area contributed by atoms with Crippen LogP contribution in [0.4, 0.5) is 17.6 Å². The number of aromatic nitrogens is 2. The highest BCUT2D eigenvalue weighted by molar-refractivity contribution is 6.31. The van der Waals surface area contributed by atoms with Crippen molar-refractivity contribution in [2.45, 2.75) is 12.7 Å². The molecule has 0 fully saturated rings. The van der Waals surface area contributed by atoms with Gasteiger partial charge in [0, 0.05) is 16.0 Å². The molecule has 4 aromatic rings. The lowest BCUT2D eigenvalue weighted by Gasteiger charge is -2.10. The maximum absolute atomic E-state index is 13.6. The van der Waals surface area contributed by atoms with E-state index in [4.69, 9.17) is 16.3 Å². The minimum atomic E-state index is -4.55. The molecule has 3 aromatic carbocycles. The van der Waals surface area contributed by atoms with Crippen molar-refractivity contribution in [1.29, 1.82) is 0 Å². The summed E-state index contributed by atoms with van der Waals surface area (Å²) >= 11 is 6.14. The molecule has 0 aliphatic carbocycles. The smallest absolute Gasteiger partial charge is 0.418 e. The van der Waals surface area contributed by atoms with Crippen LogP contribution in [0.1, 0.15) is 11.1 Å². The summed E-state index contributed by atoms with van der Waals surface area (Å²) in [6.07, 6.45) is -4.55. The number of alkyl halides is 3. The Morgan fingerprint density at radius 1 is 1.03 bits per heavy atom. The first-order valence-electron chi connectivity index (χ1n) is 8.93. The zero-order valence-electron chi connectivity index (χ0n) is 15.7. The van der Waals surface area contributed by atoms with Gasteiger partial charge in [-0.15, -0.1) is 0 Å². The first-order chi connectivity index (χ1) is 14.3. The molecule has 1 heterocycles. The number of benzene rings is 3. The van der Waals surface area contributed by atoms with Crippen LogP contribution in [0.15, 0.2) is 60.7 Å². The lowest BCUT2D eigenvalue weighted by atomic mass is 10.0. The monoisotopic (exact) mass is 434 g/mol. The molecule has 4 rings (SSSR count). The Bertz CT molecular complexity index is 1220. The van der Waals surface area contributed by atoms with E-state index in [1.807, 2.05) is 0 Å². The van der Waals surface area contributed by atoms with Gasteiger partial charge in [-0.1, -0.05) is 29.8 Å². The molecule has 0 saturated carbocycles. The van der Waals surface area contributed by atoms with Crippen molar-refractivity contribution in [3.8, 4) is 17.0 Å². The number of hydrogen-bond acceptors (Lipinski definition) is 2. The fourth-order valence-electron chi connectivity index (χ4n) is 3.36. The van der Waals surface area contributed by atoms with E-state index in [0.717, 1.165) is 12.1 Å². The van der Waals surface area contributed by atoms with Crippen LogP contribution in [-0.2, 0) is 12.7 Å². The zero-order valence-corrected chi connectivity index (χ0v) is 16.4. The molecule has 0 atom stereocenters. The quantitative estimate of drug-likeness (QED) is 0.339. The van der Waals surface area contributed by atoms with Gasteiger partial charge in [0.15, 0.2) is 0 Å². The Morgan fingerprint density at radius 2 is 1.77 bits per heavy atom. The normalized spacial score (nSPS) is 11.8. The second kappa shape index (κ2) is 7.65. The van der Waals surface area contributed by atoms with Crippen molar-refractivity contribution in [3.63, 3.8) is 0 Å². The zero-order chi connectivity index (χ0) is 21.5. The number of ether oxygens (including phenoxy) is 1. The highest BCUT2D eigenvalue weighted by Gasteiger charge is 2.34. The SMILES string of the molecule is COc1ccc(-c2c3cccc(C(F)(F)F)c3nn2Cc2ccc(F)cc2Cl)cc1. The molecule has 0 radical (unpaired) electrons. The molecule has 0 spiro atoms. The van der Waals surface area contributed by atoms with E-state index >= 15 is 0 Å². The molecular weight excluding hydrogens is 420 g/mol. The molecule has 154 valence electrons. The van der Waals surface area contributed by atoms with Crippen molar-refractivity contribution < 1.29 is 22.3 Å². The molecule has 0 aliphatic heterocycles. The molecule has 0 saturated heterocycles. The molecule has 1 aromatic heterocycles. The Kier molecular flexibility index (Phi) is 5.15. The second-order valence-electron chi connectivity index (χ2n) is 6.67. The van der Waals surface area contributed by atoms with Crippen LogP contribution < -0.4 is 4.74 Å². The summed E-state index contributed by atoms with van der Waals surface area (Å²) in [6.45, 7) is 0.0758. The number of nitrogens with zero attached hydrogens (tertiary/aromatic N) is 2. The highest BCUT2D eigenvalue weighted by atomic mass is 35.5. The van der Waals surface area contributed by atoms with Crippen molar-refractivity contribution in [3.05, 3.63) is 82.6 Å². The van der Waals surface area contributed by atoms with Crippen molar-refractivity contribution in [1.82, 2.24) is 9.78 Å². The average molecular weight is 435 g/mol. The van der Waals surface area contributed by atoms with E-state index in [1.54, 1.807) is 30.3 Å². The van der Waals surface area contributed by atoms with E-state index in [1.165, 1.54) is 30.0 Å². The van der Waals surface area contributed by atoms with Crippen molar-refractivity contribution >= 4 is 22.5 Å².